The van der Waals surface area contributed by atoms with Crippen molar-refractivity contribution in [3.8, 4) is 5.69 Å². The number of carbonyl (C=O) groups excluding carboxylic acids is 1. The zero-order valence-electron chi connectivity index (χ0n) is 14.3. The van der Waals surface area contributed by atoms with Gasteiger partial charge in [-0.3, -0.25) is 4.79 Å². The topological polar surface area (TPSA) is 67.2 Å². The summed E-state index contributed by atoms with van der Waals surface area (Å²) in [5.41, 5.74) is 1.55. The average Bonchev–Trinajstić information content (AvgIpc) is 2.99. The summed E-state index contributed by atoms with van der Waals surface area (Å²) in [5.74, 6) is -0.540. The lowest BCUT2D eigenvalue weighted by molar-refractivity contribution is 0.0850. The Morgan fingerprint density at radius 3 is 2.46 bits per heavy atom. The van der Waals surface area contributed by atoms with Gasteiger partial charge in [-0.25, -0.2) is 9.07 Å². The van der Waals surface area contributed by atoms with Gasteiger partial charge in [0.05, 0.1) is 29.7 Å². The quantitative estimate of drug-likeness (QED) is 0.819. The number of nitrogens with one attached hydrogen (secondary N) is 1. The van der Waals surface area contributed by atoms with Gasteiger partial charge in [0.1, 0.15) is 5.82 Å². The SMILES string of the molecule is CCC(CC)(CO)CNC(=O)c1cnn(-c2ccc(F)cc2)c1C. The predicted molar refractivity (Wildman–Crippen MR) is 90.7 cm³/mol. The van der Waals surface area contributed by atoms with E-state index < -0.39 is 0 Å². The van der Waals surface area contributed by atoms with Crippen LogP contribution in [0.25, 0.3) is 5.69 Å². The average molecular weight is 333 g/mol. The van der Waals surface area contributed by atoms with Crippen molar-refractivity contribution >= 4 is 5.91 Å². The molecule has 130 valence electrons. The van der Waals surface area contributed by atoms with Gasteiger partial charge < -0.3 is 10.4 Å². The van der Waals surface area contributed by atoms with E-state index in [1.54, 1.807) is 23.7 Å². The zero-order chi connectivity index (χ0) is 17.7. The second kappa shape index (κ2) is 7.57. The maximum atomic E-state index is 13.0. The zero-order valence-corrected chi connectivity index (χ0v) is 14.3. The van der Waals surface area contributed by atoms with Gasteiger partial charge in [-0.05, 0) is 44.0 Å². The molecular weight excluding hydrogens is 309 g/mol. The molecule has 0 aliphatic rings. The molecule has 0 unspecified atom stereocenters. The van der Waals surface area contributed by atoms with Gasteiger partial charge >= 0.3 is 0 Å². The summed E-state index contributed by atoms with van der Waals surface area (Å²) in [7, 11) is 0. The number of aromatic nitrogens is 2. The van der Waals surface area contributed by atoms with Crippen LogP contribution in [-0.2, 0) is 0 Å². The van der Waals surface area contributed by atoms with E-state index in [4.69, 9.17) is 0 Å². The van der Waals surface area contributed by atoms with E-state index in [1.165, 1.54) is 18.3 Å². The molecule has 2 rings (SSSR count). The summed E-state index contributed by atoms with van der Waals surface area (Å²) in [4.78, 5) is 12.5. The van der Waals surface area contributed by atoms with Gasteiger partial charge in [0.15, 0.2) is 0 Å². The molecule has 0 bridgehead atoms. The molecule has 5 nitrogen and oxygen atoms in total. The van der Waals surface area contributed by atoms with Crippen LogP contribution in [0.2, 0.25) is 0 Å². The van der Waals surface area contributed by atoms with Gasteiger partial charge in [-0.2, -0.15) is 5.10 Å². The van der Waals surface area contributed by atoms with E-state index in [0.717, 1.165) is 12.8 Å². The molecule has 0 atom stereocenters. The predicted octanol–water partition coefficient (Wildman–Crippen LogP) is 2.85. The molecule has 2 aromatic rings. The van der Waals surface area contributed by atoms with Gasteiger partial charge in [0.2, 0.25) is 0 Å². The summed E-state index contributed by atoms with van der Waals surface area (Å²) in [6.45, 7) is 6.25. The lowest BCUT2D eigenvalue weighted by Crippen LogP contribution is -2.39. The molecule has 0 spiro atoms. The third kappa shape index (κ3) is 3.64. The Hall–Kier alpha value is -2.21. The fraction of sp³-hybridized carbons (Fsp3) is 0.444. The van der Waals surface area contributed by atoms with Crippen molar-refractivity contribution in [2.75, 3.05) is 13.2 Å². The summed E-state index contributed by atoms with van der Waals surface area (Å²) < 4.78 is 14.6. The number of hydrogen-bond acceptors (Lipinski definition) is 3. The maximum absolute atomic E-state index is 13.0. The highest BCUT2D eigenvalue weighted by molar-refractivity contribution is 5.95. The second-order valence-corrected chi connectivity index (χ2v) is 6.08. The first-order valence-electron chi connectivity index (χ1n) is 8.16. The molecule has 1 heterocycles. The molecule has 6 heteroatoms. The molecule has 0 aliphatic carbocycles. The number of amides is 1. The molecule has 0 saturated carbocycles. The number of halogens is 1. The van der Waals surface area contributed by atoms with Crippen LogP contribution in [0.5, 0.6) is 0 Å². The third-order valence-corrected chi connectivity index (χ3v) is 4.78. The van der Waals surface area contributed by atoms with Crippen LogP contribution < -0.4 is 5.32 Å². The molecule has 1 amide bonds. The highest BCUT2D eigenvalue weighted by Gasteiger charge is 2.26. The van der Waals surface area contributed by atoms with Gasteiger partial charge in [-0.1, -0.05) is 13.8 Å². The Bertz CT molecular complexity index is 683. The number of rotatable bonds is 7. The van der Waals surface area contributed by atoms with Gasteiger partial charge in [-0.15, -0.1) is 0 Å². The van der Waals surface area contributed by atoms with Crippen molar-refractivity contribution in [2.45, 2.75) is 33.6 Å². The van der Waals surface area contributed by atoms with Crippen molar-refractivity contribution in [3.05, 3.63) is 47.5 Å². The van der Waals surface area contributed by atoms with Crippen molar-refractivity contribution in [1.29, 1.82) is 0 Å². The number of aliphatic hydroxyl groups excluding tert-OH is 1. The molecule has 0 saturated heterocycles. The van der Waals surface area contributed by atoms with Gasteiger partial charge in [0.25, 0.3) is 5.91 Å². The first-order valence-corrected chi connectivity index (χ1v) is 8.16. The first-order chi connectivity index (χ1) is 11.5. The largest absolute Gasteiger partial charge is 0.396 e. The van der Waals surface area contributed by atoms with Crippen molar-refractivity contribution in [1.82, 2.24) is 15.1 Å². The number of aliphatic hydroxyl groups is 1. The summed E-state index contributed by atoms with van der Waals surface area (Å²) >= 11 is 0. The van der Waals surface area contributed by atoms with E-state index in [2.05, 4.69) is 10.4 Å². The lowest BCUT2D eigenvalue weighted by atomic mass is 9.83. The smallest absolute Gasteiger partial charge is 0.254 e. The summed E-state index contributed by atoms with van der Waals surface area (Å²) in [6, 6.07) is 5.94. The Labute approximate surface area is 141 Å². The number of carbonyl (C=O) groups is 1. The lowest BCUT2D eigenvalue weighted by Gasteiger charge is -2.29. The van der Waals surface area contributed by atoms with Crippen molar-refractivity contribution < 1.29 is 14.3 Å². The van der Waals surface area contributed by atoms with E-state index in [0.29, 0.717) is 23.5 Å². The van der Waals surface area contributed by atoms with E-state index >= 15 is 0 Å². The van der Waals surface area contributed by atoms with Crippen LogP contribution in [0, 0.1) is 18.2 Å². The maximum Gasteiger partial charge on any atom is 0.254 e. The minimum absolute atomic E-state index is 0.0358. The molecule has 2 N–H and O–H groups in total. The molecular formula is C18H24FN3O2. The van der Waals surface area contributed by atoms with Crippen LogP contribution in [0.15, 0.2) is 30.5 Å². The standard InChI is InChI=1S/C18H24FN3O2/c1-4-18(5-2,12-23)11-20-17(24)16-10-21-22(13(16)3)15-8-6-14(19)7-9-15/h6-10,23H,4-5,11-12H2,1-3H3,(H,20,24). The minimum atomic E-state index is -0.319. The van der Waals surface area contributed by atoms with Crippen LogP contribution in [-0.4, -0.2) is 33.9 Å². The Kier molecular flexibility index (Phi) is 5.72. The number of benzene rings is 1. The summed E-state index contributed by atoms with van der Waals surface area (Å²) in [6.07, 6.45) is 3.08. The fourth-order valence-electron chi connectivity index (χ4n) is 2.62. The van der Waals surface area contributed by atoms with Crippen LogP contribution >= 0.6 is 0 Å². The minimum Gasteiger partial charge on any atom is -0.396 e. The Morgan fingerprint density at radius 1 is 1.29 bits per heavy atom. The van der Waals surface area contributed by atoms with E-state index in [1.807, 2.05) is 13.8 Å². The second-order valence-electron chi connectivity index (χ2n) is 6.08. The fourth-order valence-corrected chi connectivity index (χ4v) is 2.62. The number of hydrogen-bond donors (Lipinski definition) is 2. The Morgan fingerprint density at radius 2 is 1.92 bits per heavy atom. The molecule has 1 aromatic carbocycles. The highest BCUT2D eigenvalue weighted by Crippen LogP contribution is 2.24. The number of nitrogens with zero attached hydrogens (tertiary/aromatic N) is 2. The summed E-state index contributed by atoms with van der Waals surface area (Å²) in [5, 5.41) is 16.7. The molecule has 1 aromatic heterocycles. The van der Waals surface area contributed by atoms with Crippen molar-refractivity contribution in [2.24, 2.45) is 5.41 Å². The van der Waals surface area contributed by atoms with E-state index in [9.17, 15) is 14.3 Å². The molecule has 0 fully saturated rings. The highest BCUT2D eigenvalue weighted by atomic mass is 19.1. The van der Waals surface area contributed by atoms with E-state index in [-0.39, 0.29) is 23.7 Å². The Balaban J connectivity index is 2.15. The van der Waals surface area contributed by atoms with Crippen LogP contribution in [0.3, 0.4) is 0 Å². The van der Waals surface area contributed by atoms with Crippen molar-refractivity contribution in [3.63, 3.8) is 0 Å². The third-order valence-electron chi connectivity index (χ3n) is 4.78. The van der Waals surface area contributed by atoms with Crippen LogP contribution in [0.1, 0.15) is 42.7 Å². The first kappa shape index (κ1) is 18.1. The van der Waals surface area contributed by atoms with Crippen LogP contribution in [0.4, 0.5) is 4.39 Å². The normalized spacial score (nSPS) is 11.5. The monoisotopic (exact) mass is 333 g/mol. The molecule has 0 aliphatic heterocycles. The van der Waals surface area contributed by atoms with Gasteiger partial charge in [0, 0.05) is 12.0 Å². The molecule has 0 radical (unpaired) electrons. The molecule has 24 heavy (non-hydrogen) atoms.